The van der Waals surface area contributed by atoms with E-state index in [0.717, 1.165) is 23.9 Å². The molecule has 0 radical (unpaired) electrons. The number of rotatable bonds is 1. The monoisotopic (exact) mass is 304 g/mol. The van der Waals surface area contributed by atoms with Crippen LogP contribution in [0.1, 0.15) is 28.4 Å². The minimum Gasteiger partial charge on any atom is -0.470 e. The first kappa shape index (κ1) is 13.3. The predicted octanol–water partition coefficient (Wildman–Crippen LogP) is 3.54. The summed E-state index contributed by atoms with van der Waals surface area (Å²) in [4.78, 5) is 8.41. The Kier molecular flexibility index (Phi) is 2.76. The highest BCUT2D eigenvalue weighted by Gasteiger charge is 2.40. The normalized spacial score (nSPS) is 22.8. The molecule has 4 rings (SSSR count). The first-order valence-corrected chi connectivity index (χ1v) is 6.88. The second-order valence-corrected chi connectivity index (χ2v) is 5.37. The number of hydrogen-bond donors (Lipinski definition) is 0. The third kappa shape index (κ3) is 2.06. The zero-order chi connectivity index (χ0) is 15.3. The highest BCUT2D eigenvalue weighted by molar-refractivity contribution is 5.94. The Bertz CT molecular complexity index is 770. The van der Waals surface area contributed by atoms with Crippen LogP contribution in [0.15, 0.2) is 47.6 Å². The van der Waals surface area contributed by atoms with Crippen molar-refractivity contribution in [2.24, 2.45) is 4.99 Å². The molecule has 0 bridgehead atoms. The number of benzene rings is 1. The lowest BCUT2D eigenvalue weighted by Gasteiger charge is -2.10. The lowest BCUT2D eigenvalue weighted by Crippen LogP contribution is -2.15. The van der Waals surface area contributed by atoms with Crippen LogP contribution in [0.25, 0.3) is 0 Å². The Labute approximate surface area is 124 Å². The van der Waals surface area contributed by atoms with Crippen LogP contribution in [0.3, 0.4) is 0 Å². The largest absolute Gasteiger partial charge is 0.470 e. The topological polar surface area (TPSA) is 34.5 Å². The van der Waals surface area contributed by atoms with Crippen molar-refractivity contribution >= 4 is 5.90 Å². The molecule has 0 saturated heterocycles. The average molecular weight is 304 g/mol. The van der Waals surface area contributed by atoms with Crippen molar-refractivity contribution in [2.45, 2.75) is 24.7 Å². The summed E-state index contributed by atoms with van der Waals surface area (Å²) < 4.78 is 44.1. The first-order chi connectivity index (χ1) is 10.5. The quantitative estimate of drug-likeness (QED) is 0.807. The maximum Gasteiger partial charge on any atom is 0.416 e. The van der Waals surface area contributed by atoms with Gasteiger partial charge in [0.05, 0.1) is 5.56 Å². The van der Waals surface area contributed by atoms with E-state index in [4.69, 9.17) is 4.74 Å². The standard InChI is InChI=1S/C16H11F3N2O/c17-16(18,19)10-5-6-20-12(8-10)15-21-14-11-4-2-1-3-9(11)7-13(14)22-15/h1-6,8,13-14H,7H2/t13-,14+/m1/s1. The number of fused-ring (bicyclic) bond motifs is 3. The van der Waals surface area contributed by atoms with Gasteiger partial charge in [-0.1, -0.05) is 24.3 Å². The van der Waals surface area contributed by atoms with Gasteiger partial charge >= 0.3 is 6.18 Å². The maximum absolute atomic E-state index is 12.8. The molecule has 0 unspecified atom stereocenters. The van der Waals surface area contributed by atoms with Gasteiger partial charge in [-0.05, 0) is 23.3 Å². The van der Waals surface area contributed by atoms with Gasteiger partial charge in [-0.25, -0.2) is 4.99 Å². The molecule has 2 heterocycles. The number of hydrogen-bond acceptors (Lipinski definition) is 3. The van der Waals surface area contributed by atoms with Gasteiger partial charge in [0.2, 0.25) is 5.90 Å². The minimum atomic E-state index is -4.40. The fourth-order valence-corrected chi connectivity index (χ4v) is 2.95. The minimum absolute atomic E-state index is 0.127. The summed E-state index contributed by atoms with van der Waals surface area (Å²) in [5.41, 5.74) is 1.63. The van der Waals surface area contributed by atoms with Crippen molar-refractivity contribution in [3.8, 4) is 0 Å². The average Bonchev–Trinajstić information content (AvgIpc) is 3.04. The third-order valence-corrected chi connectivity index (χ3v) is 3.97. The van der Waals surface area contributed by atoms with Crippen LogP contribution in [0.2, 0.25) is 0 Å². The molecule has 3 nitrogen and oxygen atoms in total. The van der Waals surface area contributed by atoms with Crippen LogP contribution >= 0.6 is 0 Å². The predicted molar refractivity (Wildman–Crippen MR) is 73.5 cm³/mol. The number of alkyl halides is 3. The lowest BCUT2D eigenvalue weighted by atomic mass is 10.1. The van der Waals surface area contributed by atoms with E-state index in [1.807, 2.05) is 24.3 Å². The first-order valence-electron chi connectivity index (χ1n) is 6.88. The van der Waals surface area contributed by atoms with Crippen LogP contribution < -0.4 is 0 Å². The fraction of sp³-hybridized carbons (Fsp3) is 0.250. The van der Waals surface area contributed by atoms with Crippen LogP contribution in [0.4, 0.5) is 13.2 Å². The Morgan fingerprint density at radius 1 is 1.14 bits per heavy atom. The molecule has 2 aromatic rings. The molecule has 0 spiro atoms. The van der Waals surface area contributed by atoms with E-state index in [2.05, 4.69) is 9.98 Å². The molecule has 2 aliphatic rings. The molecule has 1 aromatic carbocycles. The van der Waals surface area contributed by atoms with E-state index >= 15 is 0 Å². The van der Waals surface area contributed by atoms with Crippen molar-refractivity contribution in [3.05, 3.63) is 65.0 Å². The van der Waals surface area contributed by atoms with Crippen molar-refractivity contribution in [1.29, 1.82) is 0 Å². The second-order valence-electron chi connectivity index (χ2n) is 5.37. The Hall–Kier alpha value is -2.37. The molecular weight excluding hydrogens is 293 g/mol. The van der Waals surface area contributed by atoms with Crippen LogP contribution in [0, 0.1) is 0 Å². The molecule has 0 fully saturated rings. The highest BCUT2D eigenvalue weighted by Crippen LogP contribution is 2.40. The van der Waals surface area contributed by atoms with E-state index in [1.165, 1.54) is 5.56 Å². The van der Waals surface area contributed by atoms with Crippen molar-refractivity contribution < 1.29 is 17.9 Å². The number of halogens is 3. The third-order valence-electron chi connectivity index (χ3n) is 3.97. The summed E-state index contributed by atoms with van der Waals surface area (Å²) in [7, 11) is 0. The number of nitrogens with zero attached hydrogens (tertiary/aromatic N) is 2. The zero-order valence-electron chi connectivity index (χ0n) is 11.3. The summed E-state index contributed by atoms with van der Waals surface area (Å²) in [6, 6.07) is 9.66. The van der Waals surface area contributed by atoms with Crippen LogP contribution in [-0.2, 0) is 17.3 Å². The Balaban J connectivity index is 1.69. The molecule has 0 saturated carbocycles. The molecule has 22 heavy (non-hydrogen) atoms. The van der Waals surface area contributed by atoms with Gasteiger partial charge in [-0.15, -0.1) is 0 Å². The summed E-state index contributed by atoms with van der Waals surface area (Å²) >= 11 is 0. The molecule has 1 aromatic heterocycles. The van der Waals surface area contributed by atoms with E-state index < -0.39 is 11.7 Å². The van der Waals surface area contributed by atoms with Crippen LogP contribution in [-0.4, -0.2) is 17.0 Å². The molecule has 6 heteroatoms. The molecule has 1 aliphatic carbocycles. The number of aromatic nitrogens is 1. The highest BCUT2D eigenvalue weighted by atomic mass is 19.4. The summed E-state index contributed by atoms with van der Waals surface area (Å²) in [6.45, 7) is 0. The molecular formula is C16H11F3N2O. The molecule has 0 amide bonds. The fourth-order valence-electron chi connectivity index (χ4n) is 2.95. The second kappa shape index (κ2) is 4.56. The van der Waals surface area contributed by atoms with Crippen molar-refractivity contribution in [3.63, 3.8) is 0 Å². The van der Waals surface area contributed by atoms with Gasteiger partial charge in [-0.3, -0.25) is 4.98 Å². The number of aliphatic imine (C=N–C) groups is 1. The number of ether oxygens (including phenoxy) is 1. The zero-order valence-corrected chi connectivity index (χ0v) is 11.3. The van der Waals surface area contributed by atoms with Crippen molar-refractivity contribution in [2.75, 3.05) is 0 Å². The van der Waals surface area contributed by atoms with E-state index in [9.17, 15) is 13.2 Å². The van der Waals surface area contributed by atoms with Crippen molar-refractivity contribution in [1.82, 2.24) is 4.98 Å². The molecule has 112 valence electrons. The van der Waals surface area contributed by atoms with Gasteiger partial charge < -0.3 is 4.74 Å². The van der Waals surface area contributed by atoms with E-state index in [-0.39, 0.29) is 23.7 Å². The van der Waals surface area contributed by atoms with E-state index in [1.54, 1.807) is 0 Å². The summed E-state index contributed by atoms with van der Waals surface area (Å²) in [5.74, 6) is 0.190. The Morgan fingerprint density at radius 3 is 2.77 bits per heavy atom. The van der Waals surface area contributed by atoms with Gasteiger partial charge in [0, 0.05) is 12.6 Å². The summed E-state index contributed by atoms with van der Waals surface area (Å²) in [5, 5.41) is 0. The van der Waals surface area contributed by atoms with Gasteiger partial charge in [0.25, 0.3) is 0 Å². The molecule has 1 aliphatic heterocycles. The lowest BCUT2D eigenvalue weighted by molar-refractivity contribution is -0.137. The summed E-state index contributed by atoms with van der Waals surface area (Å²) in [6.07, 6.45) is -2.71. The van der Waals surface area contributed by atoms with E-state index in [0.29, 0.717) is 6.42 Å². The van der Waals surface area contributed by atoms with Gasteiger partial charge in [-0.2, -0.15) is 13.2 Å². The maximum atomic E-state index is 12.8. The SMILES string of the molecule is FC(F)(F)c1ccnc(C2=N[C@H]3c4ccccc4C[C@H]3O2)c1. The van der Waals surface area contributed by atoms with Crippen LogP contribution in [0.5, 0.6) is 0 Å². The molecule has 0 N–H and O–H groups in total. The van der Waals surface area contributed by atoms with Gasteiger partial charge in [0.1, 0.15) is 17.8 Å². The smallest absolute Gasteiger partial charge is 0.416 e. The van der Waals surface area contributed by atoms with Gasteiger partial charge in [0.15, 0.2) is 0 Å². The Morgan fingerprint density at radius 2 is 1.95 bits per heavy atom. The number of pyridine rings is 1. The molecule has 2 atom stereocenters.